The Labute approximate surface area is 123 Å². The lowest BCUT2D eigenvalue weighted by Gasteiger charge is -2.10. The normalized spacial score (nSPS) is 10.5. The fourth-order valence-electron chi connectivity index (χ4n) is 1.48. The van der Waals surface area contributed by atoms with Crippen molar-refractivity contribution in [1.29, 1.82) is 0 Å². The van der Waals surface area contributed by atoms with E-state index in [1.54, 1.807) is 6.07 Å². The summed E-state index contributed by atoms with van der Waals surface area (Å²) in [5.41, 5.74) is 0.142. The highest BCUT2D eigenvalue weighted by Crippen LogP contribution is 2.26. The highest BCUT2D eigenvalue weighted by Gasteiger charge is 2.16. The first kappa shape index (κ1) is 15.1. The molecule has 1 heterocycles. The maximum atomic E-state index is 12.3. The number of amides is 1. The van der Waals surface area contributed by atoms with Crippen molar-refractivity contribution < 1.29 is 18.3 Å². The molecule has 0 unspecified atom stereocenters. The van der Waals surface area contributed by atoms with E-state index < -0.39 is 12.5 Å². The molecule has 0 bridgehead atoms. The minimum absolute atomic E-state index is 0.114. The molecule has 0 aliphatic rings. The molecule has 112 valence electrons. The van der Waals surface area contributed by atoms with Gasteiger partial charge in [0.1, 0.15) is 5.75 Å². The number of para-hydroxylation sites is 2. The van der Waals surface area contributed by atoms with Gasteiger partial charge in [0.25, 0.3) is 5.91 Å². The van der Waals surface area contributed by atoms with Gasteiger partial charge in [0.05, 0.1) is 5.69 Å². The van der Waals surface area contributed by atoms with E-state index in [1.165, 1.54) is 18.2 Å². The summed E-state index contributed by atoms with van der Waals surface area (Å²) in [7, 11) is 0. The van der Waals surface area contributed by atoms with Crippen molar-refractivity contribution in [1.82, 2.24) is 10.2 Å². The molecule has 9 heteroatoms. The van der Waals surface area contributed by atoms with Crippen LogP contribution in [0.1, 0.15) is 16.7 Å². The van der Waals surface area contributed by atoms with Gasteiger partial charge in [-0.1, -0.05) is 23.5 Å². The maximum Gasteiger partial charge on any atom is 0.387 e. The van der Waals surface area contributed by atoms with Crippen LogP contribution >= 0.6 is 11.3 Å². The lowest BCUT2D eigenvalue weighted by molar-refractivity contribution is -0.0493. The summed E-state index contributed by atoms with van der Waals surface area (Å²) in [6.45, 7) is -0.426. The molecule has 21 heavy (non-hydrogen) atoms. The van der Waals surface area contributed by atoms with Crippen LogP contribution in [0.25, 0.3) is 0 Å². The van der Waals surface area contributed by atoms with Crippen LogP contribution in [0.2, 0.25) is 0 Å². The van der Waals surface area contributed by atoms with Crippen molar-refractivity contribution in [2.45, 2.75) is 13.5 Å². The lowest BCUT2D eigenvalue weighted by Crippen LogP contribution is -2.13. The summed E-state index contributed by atoms with van der Waals surface area (Å²) in [5, 5.41) is 13.5. The largest absolute Gasteiger partial charge is 0.433 e. The fraction of sp³-hybridized carbons (Fsp3) is 0.250. The zero-order valence-corrected chi connectivity index (χ0v) is 11.8. The molecule has 1 aromatic heterocycles. The molecule has 0 aliphatic heterocycles. The number of hydrogen-bond donors (Lipinski definition) is 2. The molecule has 0 radical (unpaired) electrons. The van der Waals surface area contributed by atoms with Crippen LogP contribution in [-0.4, -0.2) is 29.3 Å². The second-order valence-corrected chi connectivity index (χ2v) is 4.75. The third-order valence-electron chi connectivity index (χ3n) is 2.30. The Hall–Kier alpha value is -2.29. The second kappa shape index (κ2) is 6.93. The van der Waals surface area contributed by atoms with Crippen molar-refractivity contribution in [3.05, 3.63) is 29.3 Å². The molecule has 0 saturated carbocycles. The van der Waals surface area contributed by atoms with Crippen molar-refractivity contribution in [2.75, 3.05) is 17.2 Å². The van der Waals surface area contributed by atoms with Crippen LogP contribution < -0.4 is 15.4 Å². The number of carbonyl (C=O) groups is 1. The average Bonchev–Trinajstić information content (AvgIpc) is 2.89. The number of aromatic nitrogens is 2. The second-order valence-electron chi connectivity index (χ2n) is 3.77. The molecule has 6 nitrogen and oxygen atoms in total. The molecule has 0 spiro atoms. The van der Waals surface area contributed by atoms with Gasteiger partial charge in [0.15, 0.2) is 0 Å². The summed E-state index contributed by atoms with van der Waals surface area (Å²) in [6.07, 6.45) is 0. The number of nitrogens with one attached hydrogen (secondary N) is 2. The molecule has 0 saturated heterocycles. The SMILES string of the molecule is CCNc1nnc(C(=O)Nc2ccccc2OC(F)F)s1. The number of nitrogens with zero attached hydrogens (tertiary/aromatic N) is 2. The van der Waals surface area contributed by atoms with E-state index in [0.29, 0.717) is 11.7 Å². The summed E-state index contributed by atoms with van der Waals surface area (Å²) >= 11 is 1.07. The van der Waals surface area contributed by atoms with Crippen molar-refractivity contribution >= 4 is 28.1 Å². The van der Waals surface area contributed by atoms with Crippen LogP contribution in [-0.2, 0) is 0 Å². The number of hydrogen-bond acceptors (Lipinski definition) is 6. The fourth-order valence-corrected chi connectivity index (χ4v) is 2.19. The molecular formula is C12H12F2N4O2S. The first-order chi connectivity index (χ1) is 10.1. The highest BCUT2D eigenvalue weighted by atomic mass is 32.1. The van der Waals surface area contributed by atoms with Crippen LogP contribution in [0.3, 0.4) is 0 Å². The first-order valence-electron chi connectivity index (χ1n) is 6.02. The topological polar surface area (TPSA) is 76.1 Å². The molecule has 1 aromatic carbocycles. The Morgan fingerprint density at radius 2 is 2.14 bits per heavy atom. The van der Waals surface area contributed by atoms with E-state index >= 15 is 0 Å². The van der Waals surface area contributed by atoms with Gasteiger partial charge in [-0.15, -0.1) is 10.2 Å². The van der Waals surface area contributed by atoms with Crippen LogP contribution in [0, 0.1) is 0 Å². The first-order valence-corrected chi connectivity index (χ1v) is 6.84. The van der Waals surface area contributed by atoms with E-state index in [0.717, 1.165) is 11.3 Å². The molecule has 0 aliphatic carbocycles. The van der Waals surface area contributed by atoms with Gasteiger partial charge in [0.2, 0.25) is 10.1 Å². The number of ether oxygens (including phenoxy) is 1. The predicted octanol–water partition coefficient (Wildman–Crippen LogP) is 2.82. The van der Waals surface area contributed by atoms with Gasteiger partial charge in [-0.05, 0) is 19.1 Å². The van der Waals surface area contributed by atoms with E-state index in [1.807, 2.05) is 6.92 Å². The van der Waals surface area contributed by atoms with Crippen LogP contribution in [0.5, 0.6) is 5.75 Å². The van der Waals surface area contributed by atoms with E-state index in [9.17, 15) is 13.6 Å². The van der Waals surface area contributed by atoms with Crippen LogP contribution in [0.15, 0.2) is 24.3 Å². The van der Waals surface area contributed by atoms with E-state index in [4.69, 9.17) is 0 Å². The van der Waals surface area contributed by atoms with Gasteiger partial charge in [0, 0.05) is 6.54 Å². The highest BCUT2D eigenvalue weighted by molar-refractivity contribution is 7.17. The Kier molecular flexibility index (Phi) is 4.99. The third-order valence-corrected chi connectivity index (χ3v) is 3.18. The minimum atomic E-state index is -2.97. The van der Waals surface area contributed by atoms with E-state index in [2.05, 4.69) is 25.6 Å². The zero-order valence-electron chi connectivity index (χ0n) is 11.0. The number of rotatable bonds is 6. The quantitative estimate of drug-likeness (QED) is 0.857. The molecule has 2 rings (SSSR count). The summed E-state index contributed by atoms with van der Waals surface area (Å²) in [4.78, 5) is 12.0. The molecule has 1 amide bonds. The molecule has 2 N–H and O–H groups in total. The third kappa shape index (κ3) is 4.09. The minimum Gasteiger partial charge on any atom is -0.433 e. The average molecular weight is 314 g/mol. The molecular weight excluding hydrogens is 302 g/mol. The molecule has 2 aromatic rings. The Balaban J connectivity index is 2.11. The number of halogens is 2. The Morgan fingerprint density at radius 3 is 2.86 bits per heavy atom. The smallest absolute Gasteiger partial charge is 0.387 e. The van der Waals surface area contributed by atoms with Crippen LogP contribution in [0.4, 0.5) is 19.6 Å². The number of anilines is 2. The Bertz CT molecular complexity index is 621. The lowest BCUT2D eigenvalue weighted by atomic mass is 10.3. The van der Waals surface area contributed by atoms with Gasteiger partial charge in [-0.3, -0.25) is 4.79 Å². The summed E-state index contributed by atoms with van der Waals surface area (Å²) < 4.78 is 28.9. The summed E-state index contributed by atoms with van der Waals surface area (Å²) in [5.74, 6) is -0.653. The zero-order chi connectivity index (χ0) is 15.2. The van der Waals surface area contributed by atoms with Gasteiger partial charge < -0.3 is 15.4 Å². The number of alkyl halides is 2. The predicted molar refractivity (Wildman–Crippen MR) is 75.1 cm³/mol. The standard InChI is InChI=1S/C12H12F2N4O2S/c1-2-15-12-18-17-10(21-12)9(19)16-7-5-3-4-6-8(7)20-11(13)14/h3-6,11H,2H2,1H3,(H,15,18)(H,16,19). The van der Waals surface area contributed by atoms with Gasteiger partial charge in [-0.25, -0.2) is 0 Å². The van der Waals surface area contributed by atoms with Gasteiger partial charge in [-0.2, -0.15) is 8.78 Å². The van der Waals surface area contributed by atoms with Crippen molar-refractivity contribution in [3.8, 4) is 5.75 Å². The monoisotopic (exact) mass is 314 g/mol. The van der Waals surface area contributed by atoms with Crippen molar-refractivity contribution in [2.24, 2.45) is 0 Å². The number of carbonyl (C=O) groups excluding carboxylic acids is 1. The summed E-state index contributed by atoms with van der Waals surface area (Å²) in [6, 6.07) is 5.92. The van der Waals surface area contributed by atoms with Gasteiger partial charge >= 0.3 is 6.61 Å². The van der Waals surface area contributed by atoms with E-state index in [-0.39, 0.29) is 16.4 Å². The Morgan fingerprint density at radius 1 is 1.38 bits per heavy atom. The molecule has 0 atom stereocenters. The maximum absolute atomic E-state index is 12.3. The molecule has 0 fully saturated rings. The number of benzene rings is 1. The van der Waals surface area contributed by atoms with Crippen molar-refractivity contribution in [3.63, 3.8) is 0 Å².